The maximum Gasteiger partial charge on any atom is 0.344 e. The number of para-hydroxylation sites is 1. The summed E-state index contributed by atoms with van der Waals surface area (Å²) in [5.74, 6) is -0.276. The molecule has 0 aliphatic heterocycles. The Hall–Kier alpha value is -2.08. The summed E-state index contributed by atoms with van der Waals surface area (Å²) in [5.41, 5.74) is 0. The Morgan fingerprint density at radius 3 is 2.50 bits per heavy atom. The zero-order chi connectivity index (χ0) is 16.2. The van der Waals surface area contributed by atoms with E-state index in [1.165, 1.54) is 0 Å². The van der Waals surface area contributed by atoms with Crippen molar-refractivity contribution in [3.8, 4) is 5.75 Å². The van der Waals surface area contributed by atoms with Gasteiger partial charge in [0.25, 0.3) is 0 Å². The second-order valence-corrected chi connectivity index (χ2v) is 4.55. The molecule has 1 aromatic carbocycles. The summed E-state index contributed by atoms with van der Waals surface area (Å²) in [7, 11) is 0. The van der Waals surface area contributed by atoms with E-state index in [1.807, 2.05) is 18.2 Å². The molecule has 0 fully saturated rings. The van der Waals surface area contributed by atoms with Crippen LogP contribution in [0, 0.1) is 0 Å². The Balaban J connectivity index is 2.12. The first-order valence-electron chi connectivity index (χ1n) is 7.22. The molecule has 0 bridgehead atoms. The lowest BCUT2D eigenvalue weighted by Crippen LogP contribution is -2.23. The van der Waals surface area contributed by atoms with Gasteiger partial charge in [-0.05, 0) is 26.0 Å². The summed E-state index contributed by atoms with van der Waals surface area (Å²) >= 11 is 0. The van der Waals surface area contributed by atoms with Gasteiger partial charge < -0.3 is 18.9 Å². The minimum atomic E-state index is -0.461. The Bertz CT molecular complexity index is 445. The van der Waals surface area contributed by atoms with Crippen LogP contribution < -0.4 is 4.74 Å². The molecule has 6 nitrogen and oxygen atoms in total. The van der Waals surface area contributed by atoms with Crippen LogP contribution in [-0.4, -0.2) is 44.5 Å². The Labute approximate surface area is 130 Å². The molecule has 0 spiro atoms. The lowest BCUT2D eigenvalue weighted by Gasteiger charge is -2.13. The van der Waals surface area contributed by atoms with Gasteiger partial charge in [-0.1, -0.05) is 18.2 Å². The van der Waals surface area contributed by atoms with E-state index in [-0.39, 0.29) is 25.9 Å². The number of ether oxygens (including phenoxy) is 4. The van der Waals surface area contributed by atoms with E-state index in [9.17, 15) is 9.59 Å². The van der Waals surface area contributed by atoms with Crippen LogP contribution in [0.15, 0.2) is 30.3 Å². The Morgan fingerprint density at radius 1 is 1.09 bits per heavy atom. The van der Waals surface area contributed by atoms with Crippen molar-refractivity contribution < 1.29 is 28.5 Å². The van der Waals surface area contributed by atoms with Gasteiger partial charge in [0.2, 0.25) is 0 Å². The topological polar surface area (TPSA) is 71.1 Å². The monoisotopic (exact) mass is 310 g/mol. The molecule has 0 aromatic heterocycles. The molecule has 1 rings (SSSR count). The van der Waals surface area contributed by atoms with E-state index in [2.05, 4.69) is 0 Å². The molecule has 6 heteroatoms. The van der Waals surface area contributed by atoms with Crippen LogP contribution in [0.25, 0.3) is 0 Å². The van der Waals surface area contributed by atoms with Crippen molar-refractivity contribution in [3.63, 3.8) is 0 Å². The maximum absolute atomic E-state index is 11.6. The van der Waals surface area contributed by atoms with Gasteiger partial charge in [0.05, 0.1) is 6.61 Å². The highest BCUT2D eigenvalue weighted by Gasteiger charge is 2.11. The average molecular weight is 310 g/mol. The van der Waals surface area contributed by atoms with Gasteiger partial charge in [-0.25, -0.2) is 9.59 Å². The molecule has 0 radical (unpaired) electrons. The number of carbonyl (C=O) groups is 2. The predicted octanol–water partition coefficient (Wildman–Crippen LogP) is 1.97. The summed E-state index contributed by atoms with van der Waals surface area (Å²) in [5, 5.41) is 0. The molecule has 1 aromatic rings. The number of benzene rings is 1. The minimum absolute atomic E-state index is 0.0599. The quantitative estimate of drug-likeness (QED) is 0.615. The lowest BCUT2D eigenvalue weighted by molar-refractivity contribution is -0.153. The first-order valence-corrected chi connectivity index (χ1v) is 7.22. The molecule has 0 N–H and O–H groups in total. The molecule has 1 atom stereocenters. The molecule has 122 valence electrons. The summed E-state index contributed by atoms with van der Waals surface area (Å²) in [6.07, 6.45) is 0.0707. The molecule has 1 unspecified atom stereocenters. The second-order valence-electron chi connectivity index (χ2n) is 4.55. The zero-order valence-corrected chi connectivity index (χ0v) is 12.9. The van der Waals surface area contributed by atoms with Gasteiger partial charge in [0.15, 0.2) is 6.61 Å². The molecule has 0 amide bonds. The van der Waals surface area contributed by atoms with Crippen LogP contribution in [0.1, 0.15) is 20.3 Å². The SMILES string of the molecule is CCOCC(=O)OCCC(C)OC(=O)COc1ccccc1. The second kappa shape index (κ2) is 10.6. The maximum atomic E-state index is 11.6. The molecule has 0 heterocycles. The zero-order valence-electron chi connectivity index (χ0n) is 12.9. The van der Waals surface area contributed by atoms with E-state index in [4.69, 9.17) is 18.9 Å². The number of hydrogen-bond acceptors (Lipinski definition) is 6. The highest BCUT2D eigenvalue weighted by Crippen LogP contribution is 2.08. The largest absolute Gasteiger partial charge is 0.482 e. The van der Waals surface area contributed by atoms with E-state index in [0.717, 1.165) is 0 Å². The van der Waals surface area contributed by atoms with Gasteiger partial charge in [-0.2, -0.15) is 0 Å². The van der Waals surface area contributed by atoms with Crippen molar-refractivity contribution in [2.45, 2.75) is 26.4 Å². The fraction of sp³-hybridized carbons (Fsp3) is 0.500. The van der Waals surface area contributed by atoms with Crippen LogP contribution in [0.5, 0.6) is 5.75 Å². The van der Waals surface area contributed by atoms with Gasteiger partial charge >= 0.3 is 11.9 Å². The van der Waals surface area contributed by atoms with Crippen molar-refractivity contribution in [3.05, 3.63) is 30.3 Å². The third-order valence-electron chi connectivity index (χ3n) is 2.64. The van der Waals surface area contributed by atoms with Crippen LogP contribution in [0.2, 0.25) is 0 Å². The highest BCUT2D eigenvalue weighted by atomic mass is 16.6. The summed E-state index contributed by atoms with van der Waals surface area (Å²) in [4.78, 5) is 22.8. The third-order valence-corrected chi connectivity index (χ3v) is 2.64. The number of hydrogen-bond donors (Lipinski definition) is 0. The van der Waals surface area contributed by atoms with E-state index < -0.39 is 11.9 Å². The molecule has 22 heavy (non-hydrogen) atoms. The number of esters is 2. The molecular weight excluding hydrogens is 288 g/mol. The normalized spacial score (nSPS) is 11.5. The molecule has 0 aliphatic carbocycles. The number of carbonyl (C=O) groups excluding carboxylic acids is 2. The van der Waals surface area contributed by atoms with E-state index >= 15 is 0 Å². The molecule has 0 aliphatic rings. The van der Waals surface area contributed by atoms with E-state index in [1.54, 1.807) is 26.0 Å². The Kier molecular flexibility index (Phi) is 8.67. The van der Waals surface area contributed by atoms with Crippen molar-refractivity contribution in [1.29, 1.82) is 0 Å². The minimum Gasteiger partial charge on any atom is -0.482 e. The summed E-state index contributed by atoms with van der Waals surface area (Å²) in [6, 6.07) is 9.02. The standard InChI is InChI=1S/C16H22O6/c1-3-19-11-15(17)20-10-9-13(2)22-16(18)12-21-14-7-5-4-6-8-14/h4-8,13H,3,9-12H2,1-2H3. The number of rotatable bonds is 10. The van der Waals surface area contributed by atoms with Crippen LogP contribution in [0.3, 0.4) is 0 Å². The van der Waals surface area contributed by atoms with E-state index in [0.29, 0.717) is 18.8 Å². The average Bonchev–Trinajstić information content (AvgIpc) is 2.52. The lowest BCUT2D eigenvalue weighted by atomic mass is 10.3. The van der Waals surface area contributed by atoms with Crippen LogP contribution >= 0.6 is 0 Å². The highest BCUT2D eigenvalue weighted by molar-refractivity contribution is 5.71. The van der Waals surface area contributed by atoms with Crippen molar-refractivity contribution >= 4 is 11.9 Å². The fourth-order valence-corrected chi connectivity index (χ4v) is 1.54. The molecule has 0 saturated heterocycles. The smallest absolute Gasteiger partial charge is 0.344 e. The van der Waals surface area contributed by atoms with Crippen molar-refractivity contribution in [2.24, 2.45) is 0 Å². The molecule has 0 saturated carbocycles. The Morgan fingerprint density at radius 2 is 1.82 bits per heavy atom. The predicted molar refractivity (Wildman–Crippen MR) is 79.6 cm³/mol. The summed E-state index contributed by atoms with van der Waals surface area (Å²) in [6.45, 7) is 3.96. The summed E-state index contributed by atoms with van der Waals surface area (Å²) < 4.78 is 20.3. The third kappa shape index (κ3) is 8.26. The van der Waals surface area contributed by atoms with Crippen LogP contribution in [0.4, 0.5) is 0 Å². The van der Waals surface area contributed by atoms with Crippen molar-refractivity contribution in [2.75, 3.05) is 26.4 Å². The van der Waals surface area contributed by atoms with Gasteiger partial charge in [-0.3, -0.25) is 0 Å². The first kappa shape index (κ1) is 18.0. The fourth-order valence-electron chi connectivity index (χ4n) is 1.54. The molecular formula is C16H22O6. The van der Waals surface area contributed by atoms with Gasteiger partial charge in [0.1, 0.15) is 18.5 Å². The van der Waals surface area contributed by atoms with Crippen LogP contribution in [-0.2, 0) is 23.8 Å². The first-order chi connectivity index (χ1) is 10.6. The van der Waals surface area contributed by atoms with Crippen molar-refractivity contribution in [1.82, 2.24) is 0 Å². The van der Waals surface area contributed by atoms with Gasteiger partial charge in [0, 0.05) is 13.0 Å². The van der Waals surface area contributed by atoms with Gasteiger partial charge in [-0.15, -0.1) is 0 Å².